The van der Waals surface area contributed by atoms with E-state index in [1.807, 2.05) is 74.5 Å². The van der Waals surface area contributed by atoms with Crippen LogP contribution < -0.4 is 10.1 Å². The fourth-order valence-electron chi connectivity index (χ4n) is 2.69. The molecule has 3 aromatic carbocycles. The number of amides is 1. The van der Waals surface area contributed by atoms with Crippen molar-refractivity contribution in [3.8, 4) is 5.75 Å². The first-order valence-electron chi connectivity index (χ1n) is 8.06. The second kappa shape index (κ2) is 6.75. The van der Waals surface area contributed by atoms with Gasteiger partial charge >= 0.3 is 0 Å². The van der Waals surface area contributed by atoms with Gasteiger partial charge in [0.05, 0.1) is 0 Å². The van der Waals surface area contributed by atoms with Crippen LogP contribution in [0, 0.1) is 13.8 Å². The summed E-state index contributed by atoms with van der Waals surface area (Å²) in [5.41, 5.74) is 2.98. The predicted molar refractivity (Wildman–Crippen MR) is 98.6 cm³/mol. The molecule has 3 aromatic rings. The minimum absolute atomic E-state index is 0.162. The zero-order valence-electron chi connectivity index (χ0n) is 14.2. The minimum Gasteiger partial charge on any atom is -0.481 e. The van der Waals surface area contributed by atoms with Gasteiger partial charge in [0.15, 0.2) is 6.10 Å². The third kappa shape index (κ3) is 3.57. The number of hydrogen-bond donors (Lipinski definition) is 1. The second-order valence-electron chi connectivity index (χ2n) is 6.08. The van der Waals surface area contributed by atoms with Crippen molar-refractivity contribution in [3.63, 3.8) is 0 Å². The molecule has 0 unspecified atom stereocenters. The van der Waals surface area contributed by atoms with Crippen molar-refractivity contribution in [2.24, 2.45) is 0 Å². The fourth-order valence-corrected chi connectivity index (χ4v) is 2.69. The lowest BCUT2D eigenvalue weighted by atomic mass is 10.1. The molecule has 0 aliphatic rings. The number of carbonyl (C=O) groups excluding carboxylic acids is 1. The number of benzene rings is 3. The number of ether oxygens (including phenoxy) is 1. The number of nitrogens with one attached hydrogen (secondary N) is 1. The molecule has 0 bridgehead atoms. The highest BCUT2D eigenvalue weighted by molar-refractivity contribution is 5.96. The molecule has 0 spiro atoms. The van der Waals surface area contributed by atoms with E-state index in [4.69, 9.17) is 4.74 Å². The summed E-state index contributed by atoms with van der Waals surface area (Å²) in [4.78, 5) is 12.4. The minimum atomic E-state index is -0.571. The van der Waals surface area contributed by atoms with Crippen LogP contribution in [0.2, 0.25) is 0 Å². The summed E-state index contributed by atoms with van der Waals surface area (Å²) in [6.07, 6.45) is -0.571. The molecule has 0 fully saturated rings. The van der Waals surface area contributed by atoms with Gasteiger partial charge in [0.1, 0.15) is 5.75 Å². The molecule has 0 saturated heterocycles. The van der Waals surface area contributed by atoms with Crippen molar-refractivity contribution >= 4 is 22.4 Å². The van der Waals surface area contributed by atoms with Gasteiger partial charge in [-0.05, 0) is 55.3 Å². The molecular formula is C21H21NO2. The predicted octanol–water partition coefficient (Wildman–Crippen LogP) is 4.86. The SMILES string of the molecule is Cc1ccc(O[C@H](C)C(=O)Nc2ccc3ccccc3c2)c(C)c1. The van der Waals surface area contributed by atoms with Gasteiger partial charge in [0.25, 0.3) is 5.91 Å². The van der Waals surface area contributed by atoms with Crippen molar-refractivity contribution in [1.82, 2.24) is 0 Å². The van der Waals surface area contributed by atoms with Gasteiger partial charge in [0.2, 0.25) is 0 Å². The Morgan fingerprint density at radius 1 is 0.958 bits per heavy atom. The van der Waals surface area contributed by atoms with E-state index in [0.29, 0.717) is 0 Å². The number of anilines is 1. The van der Waals surface area contributed by atoms with Crippen LogP contribution in [0.4, 0.5) is 5.69 Å². The Morgan fingerprint density at radius 2 is 1.71 bits per heavy atom. The maximum atomic E-state index is 12.4. The van der Waals surface area contributed by atoms with Crippen LogP contribution in [0.1, 0.15) is 18.1 Å². The molecule has 24 heavy (non-hydrogen) atoms. The standard InChI is InChI=1S/C21H21NO2/c1-14-8-11-20(15(2)12-14)24-16(3)21(23)22-19-10-9-17-6-4-5-7-18(17)13-19/h4-13,16H,1-3H3,(H,22,23)/t16-/m1/s1. The lowest BCUT2D eigenvalue weighted by molar-refractivity contribution is -0.122. The third-order valence-electron chi connectivity index (χ3n) is 4.02. The highest BCUT2D eigenvalue weighted by Crippen LogP contribution is 2.22. The Morgan fingerprint density at radius 3 is 2.46 bits per heavy atom. The molecule has 1 atom stereocenters. The van der Waals surface area contributed by atoms with Crippen LogP contribution in [0.3, 0.4) is 0 Å². The average Bonchev–Trinajstić information content (AvgIpc) is 2.57. The summed E-state index contributed by atoms with van der Waals surface area (Å²) in [7, 11) is 0. The molecule has 1 N–H and O–H groups in total. The van der Waals surface area contributed by atoms with Gasteiger partial charge < -0.3 is 10.1 Å². The lowest BCUT2D eigenvalue weighted by Crippen LogP contribution is -2.30. The molecule has 0 saturated carbocycles. The highest BCUT2D eigenvalue weighted by Gasteiger charge is 2.16. The molecule has 0 aliphatic carbocycles. The van der Waals surface area contributed by atoms with E-state index in [0.717, 1.165) is 27.8 Å². The largest absolute Gasteiger partial charge is 0.481 e. The lowest BCUT2D eigenvalue weighted by Gasteiger charge is -2.16. The summed E-state index contributed by atoms with van der Waals surface area (Å²) in [5.74, 6) is 0.576. The van der Waals surface area contributed by atoms with Gasteiger partial charge in [-0.15, -0.1) is 0 Å². The van der Waals surface area contributed by atoms with E-state index in [1.165, 1.54) is 5.56 Å². The van der Waals surface area contributed by atoms with Gasteiger partial charge in [-0.2, -0.15) is 0 Å². The summed E-state index contributed by atoms with van der Waals surface area (Å²) in [6, 6.07) is 19.9. The van der Waals surface area contributed by atoms with Crippen LogP contribution >= 0.6 is 0 Å². The third-order valence-corrected chi connectivity index (χ3v) is 4.02. The maximum absolute atomic E-state index is 12.4. The van der Waals surface area contributed by atoms with Crippen LogP contribution in [0.15, 0.2) is 60.7 Å². The number of hydrogen-bond acceptors (Lipinski definition) is 2. The Bertz CT molecular complexity index is 886. The number of carbonyl (C=O) groups is 1. The Balaban J connectivity index is 1.70. The molecule has 0 aliphatic heterocycles. The Hall–Kier alpha value is -2.81. The van der Waals surface area contributed by atoms with E-state index in [1.54, 1.807) is 6.92 Å². The van der Waals surface area contributed by atoms with Crippen LogP contribution in [0.25, 0.3) is 10.8 Å². The van der Waals surface area contributed by atoms with Gasteiger partial charge in [-0.3, -0.25) is 4.79 Å². The Labute approximate surface area is 142 Å². The molecule has 0 heterocycles. The quantitative estimate of drug-likeness (QED) is 0.745. The van der Waals surface area contributed by atoms with Crippen molar-refractivity contribution in [2.45, 2.75) is 26.9 Å². The first kappa shape index (κ1) is 16.1. The Kier molecular flexibility index (Phi) is 4.52. The number of aryl methyl sites for hydroxylation is 2. The smallest absolute Gasteiger partial charge is 0.265 e. The van der Waals surface area contributed by atoms with Gasteiger partial charge in [0, 0.05) is 5.69 Å². The highest BCUT2D eigenvalue weighted by atomic mass is 16.5. The molecule has 1 amide bonds. The monoisotopic (exact) mass is 319 g/mol. The number of fused-ring (bicyclic) bond motifs is 1. The van der Waals surface area contributed by atoms with Crippen LogP contribution in [0.5, 0.6) is 5.75 Å². The van der Waals surface area contributed by atoms with Crippen molar-refractivity contribution in [3.05, 3.63) is 71.8 Å². The molecule has 3 nitrogen and oxygen atoms in total. The molecule has 3 rings (SSSR count). The topological polar surface area (TPSA) is 38.3 Å². The van der Waals surface area contributed by atoms with Crippen molar-refractivity contribution in [2.75, 3.05) is 5.32 Å². The van der Waals surface area contributed by atoms with E-state index in [-0.39, 0.29) is 5.91 Å². The summed E-state index contributed by atoms with van der Waals surface area (Å²) >= 11 is 0. The zero-order valence-corrected chi connectivity index (χ0v) is 14.2. The number of rotatable bonds is 4. The maximum Gasteiger partial charge on any atom is 0.265 e. The summed E-state index contributed by atoms with van der Waals surface area (Å²) in [5, 5.41) is 5.16. The first-order valence-corrected chi connectivity index (χ1v) is 8.06. The zero-order chi connectivity index (χ0) is 17.1. The molecule has 3 heteroatoms. The molecule has 122 valence electrons. The van der Waals surface area contributed by atoms with Crippen LogP contribution in [-0.2, 0) is 4.79 Å². The van der Waals surface area contributed by atoms with Crippen LogP contribution in [-0.4, -0.2) is 12.0 Å². The second-order valence-corrected chi connectivity index (χ2v) is 6.08. The molecular weight excluding hydrogens is 298 g/mol. The van der Waals surface area contributed by atoms with Gasteiger partial charge in [-0.1, -0.05) is 48.0 Å². The summed E-state index contributed by atoms with van der Waals surface area (Å²) < 4.78 is 5.81. The fraction of sp³-hybridized carbons (Fsp3) is 0.190. The summed E-state index contributed by atoms with van der Waals surface area (Å²) in [6.45, 7) is 5.78. The van der Waals surface area contributed by atoms with Gasteiger partial charge in [-0.25, -0.2) is 0 Å². The van der Waals surface area contributed by atoms with Crippen molar-refractivity contribution in [1.29, 1.82) is 0 Å². The van der Waals surface area contributed by atoms with E-state index < -0.39 is 6.10 Å². The molecule has 0 aromatic heterocycles. The van der Waals surface area contributed by atoms with E-state index in [9.17, 15) is 4.79 Å². The van der Waals surface area contributed by atoms with E-state index >= 15 is 0 Å². The van der Waals surface area contributed by atoms with Crippen molar-refractivity contribution < 1.29 is 9.53 Å². The normalized spacial score (nSPS) is 12.0. The van der Waals surface area contributed by atoms with E-state index in [2.05, 4.69) is 5.32 Å². The first-order chi connectivity index (χ1) is 11.5. The molecule has 0 radical (unpaired) electrons. The average molecular weight is 319 g/mol.